The lowest BCUT2D eigenvalue weighted by Gasteiger charge is -2.22. The number of carbonyl (C=O) groups excluding carboxylic acids is 2. The molecule has 3 heteroatoms. The molecule has 1 fully saturated rings. The SMILES string of the molecule is CCOC(=O)CC1CC(=O)C1. The average Bonchev–Trinajstić information content (AvgIpc) is 1.85. The number of ether oxygens (including phenoxy) is 1. The van der Waals surface area contributed by atoms with E-state index >= 15 is 0 Å². The summed E-state index contributed by atoms with van der Waals surface area (Å²) in [7, 11) is 0. The van der Waals surface area contributed by atoms with Gasteiger partial charge in [-0.25, -0.2) is 0 Å². The molecule has 0 N–H and O–H groups in total. The highest BCUT2D eigenvalue weighted by molar-refractivity contribution is 5.86. The lowest BCUT2D eigenvalue weighted by Crippen LogP contribution is -2.26. The van der Waals surface area contributed by atoms with E-state index in [-0.39, 0.29) is 17.7 Å². The van der Waals surface area contributed by atoms with Crippen LogP contribution in [0.25, 0.3) is 0 Å². The molecular weight excluding hydrogens is 144 g/mol. The van der Waals surface area contributed by atoms with Crippen molar-refractivity contribution in [3.8, 4) is 0 Å². The van der Waals surface area contributed by atoms with Gasteiger partial charge in [-0.2, -0.15) is 0 Å². The molecule has 0 spiro atoms. The van der Waals surface area contributed by atoms with E-state index in [1.165, 1.54) is 0 Å². The Morgan fingerprint density at radius 3 is 2.73 bits per heavy atom. The first-order chi connectivity index (χ1) is 5.22. The van der Waals surface area contributed by atoms with Crippen molar-refractivity contribution in [2.45, 2.75) is 26.2 Å². The lowest BCUT2D eigenvalue weighted by molar-refractivity contribution is -0.145. The van der Waals surface area contributed by atoms with Crippen LogP contribution >= 0.6 is 0 Å². The van der Waals surface area contributed by atoms with E-state index in [1.54, 1.807) is 6.92 Å². The molecule has 1 rings (SSSR count). The molecule has 0 heterocycles. The van der Waals surface area contributed by atoms with Crippen LogP contribution in [0.5, 0.6) is 0 Å². The van der Waals surface area contributed by atoms with Crippen LogP contribution in [0.15, 0.2) is 0 Å². The van der Waals surface area contributed by atoms with Gasteiger partial charge in [0.1, 0.15) is 5.78 Å². The van der Waals surface area contributed by atoms with Gasteiger partial charge >= 0.3 is 5.97 Å². The number of rotatable bonds is 3. The predicted octanol–water partition coefficient (Wildman–Crippen LogP) is 0.919. The largest absolute Gasteiger partial charge is 0.466 e. The summed E-state index contributed by atoms with van der Waals surface area (Å²) in [6, 6.07) is 0. The van der Waals surface area contributed by atoms with Crippen LogP contribution in [0, 0.1) is 5.92 Å². The first-order valence-electron chi connectivity index (χ1n) is 3.89. The summed E-state index contributed by atoms with van der Waals surface area (Å²) in [6.45, 7) is 2.21. The van der Waals surface area contributed by atoms with Gasteiger partial charge in [-0.05, 0) is 12.8 Å². The van der Waals surface area contributed by atoms with Gasteiger partial charge < -0.3 is 4.74 Å². The molecule has 1 aliphatic carbocycles. The summed E-state index contributed by atoms with van der Waals surface area (Å²) in [4.78, 5) is 21.3. The summed E-state index contributed by atoms with van der Waals surface area (Å²) in [6.07, 6.45) is 1.55. The molecule has 0 aromatic carbocycles. The Balaban J connectivity index is 2.11. The zero-order valence-electron chi connectivity index (χ0n) is 6.63. The quantitative estimate of drug-likeness (QED) is 0.570. The predicted molar refractivity (Wildman–Crippen MR) is 39.0 cm³/mol. The maximum absolute atomic E-state index is 10.8. The molecule has 1 aliphatic rings. The van der Waals surface area contributed by atoms with Gasteiger partial charge in [-0.3, -0.25) is 9.59 Å². The Hall–Kier alpha value is -0.860. The Morgan fingerprint density at radius 2 is 2.27 bits per heavy atom. The number of esters is 1. The standard InChI is InChI=1S/C8H12O3/c1-2-11-8(10)5-6-3-7(9)4-6/h6H,2-5H2,1H3. The van der Waals surface area contributed by atoms with Gasteiger partial charge in [-0.1, -0.05) is 0 Å². The molecule has 0 amide bonds. The molecule has 0 aromatic rings. The minimum Gasteiger partial charge on any atom is -0.466 e. The fraction of sp³-hybridized carbons (Fsp3) is 0.750. The molecule has 0 radical (unpaired) electrons. The van der Waals surface area contributed by atoms with Gasteiger partial charge in [0, 0.05) is 19.3 Å². The molecule has 1 saturated carbocycles. The van der Waals surface area contributed by atoms with Crippen LogP contribution in [-0.2, 0) is 14.3 Å². The third-order valence-corrected chi connectivity index (χ3v) is 1.79. The van der Waals surface area contributed by atoms with Crippen LogP contribution in [0.3, 0.4) is 0 Å². The molecule has 62 valence electrons. The summed E-state index contributed by atoms with van der Waals surface area (Å²) < 4.78 is 4.73. The first kappa shape index (κ1) is 8.24. The second-order valence-corrected chi connectivity index (χ2v) is 2.82. The number of ketones is 1. The topological polar surface area (TPSA) is 43.4 Å². The maximum atomic E-state index is 10.8. The van der Waals surface area contributed by atoms with Gasteiger partial charge in [0.15, 0.2) is 0 Å². The van der Waals surface area contributed by atoms with Crippen LogP contribution in [0.4, 0.5) is 0 Å². The fourth-order valence-electron chi connectivity index (χ4n) is 1.18. The highest BCUT2D eigenvalue weighted by Gasteiger charge is 2.28. The van der Waals surface area contributed by atoms with Crippen molar-refractivity contribution in [3.63, 3.8) is 0 Å². The average molecular weight is 156 g/mol. The number of Topliss-reactive ketones (excluding diaryl/α,β-unsaturated/α-hetero) is 1. The molecule has 3 nitrogen and oxygen atoms in total. The summed E-state index contributed by atoms with van der Waals surface area (Å²) >= 11 is 0. The first-order valence-corrected chi connectivity index (χ1v) is 3.89. The van der Waals surface area contributed by atoms with Crippen molar-refractivity contribution >= 4 is 11.8 Å². The highest BCUT2D eigenvalue weighted by atomic mass is 16.5. The third kappa shape index (κ3) is 2.33. The highest BCUT2D eigenvalue weighted by Crippen LogP contribution is 2.26. The van der Waals surface area contributed by atoms with E-state index in [1.807, 2.05) is 0 Å². The molecule has 11 heavy (non-hydrogen) atoms. The van der Waals surface area contributed by atoms with Crippen molar-refractivity contribution in [2.24, 2.45) is 5.92 Å². The minimum absolute atomic E-state index is 0.176. The van der Waals surface area contributed by atoms with E-state index < -0.39 is 0 Å². The van der Waals surface area contributed by atoms with E-state index in [0.717, 1.165) is 0 Å². The van der Waals surface area contributed by atoms with Crippen LogP contribution in [-0.4, -0.2) is 18.4 Å². The Morgan fingerprint density at radius 1 is 1.64 bits per heavy atom. The van der Waals surface area contributed by atoms with Gasteiger partial charge in [0.2, 0.25) is 0 Å². The van der Waals surface area contributed by atoms with Crippen molar-refractivity contribution in [1.29, 1.82) is 0 Å². The molecule has 0 atom stereocenters. The fourth-order valence-corrected chi connectivity index (χ4v) is 1.18. The Kier molecular flexibility index (Phi) is 2.63. The Labute approximate surface area is 65.7 Å². The zero-order chi connectivity index (χ0) is 8.27. The van der Waals surface area contributed by atoms with Crippen LogP contribution in [0.1, 0.15) is 26.2 Å². The number of hydrogen-bond donors (Lipinski definition) is 0. The molecule has 0 aromatic heterocycles. The normalized spacial score (nSPS) is 17.7. The second-order valence-electron chi connectivity index (χ2n) is 2.82. The van der Waals surface area contributed by atoms with Crippen molar-refractivity contribution in [1.82, 2.24) is 0 Å². The summed E-state index contributed by atoms with van der Waals surface area (Å²) in [5.41, 5.74) is 0. The molecular formula is C8H12O3. The van der Waals surface area contributed by atoms with E-state index in [0.29, 0.717) is 25.9 Å². The maximum Gasteiger partial charge on any atom is 0.306 e. The van der Waals surface area contributed by atoms with E-state index in [4.69, 9.17) is 4.74 Å². The van der Waals surface area contributed by atoms with Crippen molar-refractivity contribution < 1.29 is 14.3 Å². The van der Waals surface area contributed by atoms with E-state index in [9.17, 15) is 9.59 Å². The van der Waals surface area contributed by atoms with Crippen LogP contribution < -0.4 is 0 Å². The molecule has 0 bridgehead atoms. The van der Waals surface area contributed by atoms with Gasteiger partial charge in [-0.15, -0.1) is 0 Å². The number of carbonyl (C=O) groups is 2. The summed E-state index contributed by atoms with van der Waals surface area (Å²) in [5.74, 6) is 0.353. The van der Waals surface area contributed by atoms with Crippen molar-refractivity contribution in [2.75, 3.05) is 6.61 Å². The van der Waals surface area contributed by atoms with Crippen LogP contribution in [0.2, 0.25) is 0 Å². The molecule has 0 aliphatic heterocycles. The molecule has 0 saturated heterocycles. The Bertz CT molecular complexity index is 166. The smallest absolute Gasteiger partial charge is 0.306 e. The van der Waals surface area contributed by atoms with Gasteiger partial charge in [0.05, 0.1) is 6.61 Å². The second kappa shape index (κ2) is 3.51. The van der Waals surface area contributed by atoms with Crippen molar-refractivity contribution in [3.05, 3.63) is 0 Å². The molecule has 0 unspecified atom stereocenters. The zero-order valence-corrected chi connectivity index (χ0v) is 6.63. The van der Waals surface area contributed by atoms with E-state index in [2.05, 4.69) is 0 Å². The monoisotopic (exact) mass is 156 g/mol. The lowest BCUT2D eigenvalue weighted by atomic mass is 9.82. The number of hydrogen-bond acceptors (Lipinski definition) is 3. The van der Waals surface area contributed by atoms with Gasteiger partial charge in [0.25, 0.3) is 0 Å². The minimum atomic E-state index is -0.176. The summed E-state index contributed by atoms with van der Waals surface area (Å²) in [5, 5.41) is 0. The third-order valence-electron chi connectivity index (χ3n) is 1.79.